The van der Waals surface area contributed by atoms with E-state index in [9.17, 15) is 24.3 Å². The molecule has 2 aliphatic rings. The number of benzene rings is 1. The Labute approximate surface area is 172 Å². The number of piperazine rings is 1. The third-order valence-electron chi connectivity index (χ3n) is 6.00. The van der Waals surface area contributed by atoms with Crippen molar-refractivity contribution in [3.05, 3.63) is 34.2 Å². The minimum Gasteiger partial charge on any atom is -0.480 e. The van der Waals surface area contributed by atoms with Crippen molar-refractivity contribution in [1.82, 2.24) is 24.7 Å². The Morgan fingerprint density at radius 2 is 2.03 bits per heavy atom. The van der Waals surface area contributed by atoms with Gasteiger partial charge in [-0.25, -0.2) is 4.79 Å². The normalized spacial score (nSPS) is 23.0. The molecule has 2 aliphatic heterocycles. The molecule has 3 N–H and O–H groups in total. The van der Waals surface area contributed by atoms with E-state index in [0.717, 1.165) is 12.1 Å². The topological polar surface area (TPSA) is 126 Å². The third-order valence-corrected chi connectivity index (χ3v) is 6.00. The van der Waals surface area contributed by atoms with Gasteiger partial charge in [0.15, 0.2) is 0 Å². The van der Waals surface area contributed by atoms with Gasteiger partial charge in [-0.3, -0.25) is 33.7 Å². The maximum atomic E-state index is 12.8. The summed E-state index contributed by atoms with van der Waals surface area (Å²) in [6.07, 6.45) is 1.15. The monoisotopic (exact) mass is 415 g/mol. The number of amides is 2. The molecule has 2 saturated heterocycles. The maximum Gasteiger partial charge on any atom is 0.329 e. The molecule has 0 saturated carbocycles. The molecule has 10 heteroatoms. The maximum absolute atomic E-state index is 12.8. The van der Waals surface area contributed by atoms with E-state index in [1.54, 1.807) is 7.05 Å². The second-order valence-electron chi connectivity index (χ2n) is 7.85. The number of carbonyl (C=O) groups excluding carboxylic acids is 2. The van der Waals surface area contributed by atoms with E-state index in [4.69, 9.17) is 0 Å². The molecule has 1 aromatic heterocycles. The van der Waals surface area contributed by atoms with Gasteiger partial charge in [-0.2, -0.15) is 0 Å². The summed E-state index contributed by atoms with van der Waals surface area (Å²) in [5, 5.41) is 14.8. The molecule has 0 aliphatic carbocycles. The summed E-state index contributed by atoms with van der Waals surface area (Å²) in [6.45, 7) is 2.46. The Balaban J connectivity index is 1.58. The summed E-state index contributed by atoms with van der Waals surface area (Å²) >= 11 is 0. The zero-order chi connectivity index (χ0) is 21.4. The van der Waals surface area contributed by atoms with Crippen LogP contribution in [-0.4, -0.2) is 69.1 Å². The number of carbonyl (C=O) groups is 3. The molecular weight excluding hydrogens is 390 g/mol. The molecule has 160 valence electrons. The van der Waals surface area contributed by atoms with Gasteiger partial charge >= 0.3 is 11.7 Å². The minimum atomic E-state index is -0.832. The van der Waals surface area contributed by atoms with Crippen molar-refractivity contribution in [2.24, 2.45) is 7.05 Å². The van der Waals surface area contributed by atoms with E-state index < -0.39 is 24.0 Å². The van der Waals surface area contributed by atoms with Gasteiger partial charge < -0.3 is 10.4 Å². The number of piperidine rings is 1. The van der Waals surface area contributed by atoms with Crippen molar-refractivity contribution in [2.75, 3.05) is 26.2 Å². The standard InChI is InChI=1S/C20H25N5O5/c1-23-15-10-12(6-8-24-9-7-21-11-16(24)19(28)29)2-3-13(15)25(20(23)30)14-4-5-17(26)22-18(14)27/h2-3,10,14,16,21H,4-9,11H2,1H3,(H,28,29)(H,22,26,27). The highest BCUT2D eigenvalue weighted by atomic mass is 16.4. The lowest BCUT2D eigenvalue weighted by molar-refractivity contribution is -0.144. The van der Waals surface area contributed by atoms with Crippen molar-refractivity contribution < 1.29 is 19.5 Å². The highest BCUT2D eigenvalue weighted by molar-refractivity contribution is 6.00. The number of fused-ring (bicyclic) bond motifs is 1. The van der Waals surface area contributed by atoms with Gasteiger partial charge in [0.25, 0.3) is 0 Å². The Bertz CT molecular complexity index is 1070. The number of aliphatic carboxylic acids is 1. The van der Waals surface area contributed by atoms with E-state index in [1.807, 2.05) is 23.1 Å². The summed E-state index contributed by atoms with van der Waals surface area (Å²) in [7, 11) is 1.66. The van der Waals surface area contributed by atoms with Crippen LogP contribution >= 0.6 is 0 Å². The van der Waals surface area contributed by atoms with Crippen LogP contribution in [0.15, 0.2) is 23.0 Å². The van der Waals surface area contributed by atoms with Crippen LogP contribution in [-0.2, 0) is 27.9 Å². The molecule has 2 unspecified atom stereocenters. The molecule has 30 heavy (non-hydrogen) atoms. The average Bonchev–Trinajstić information content (AvgIpc) is 2.97. The number of nitrogens with zero attached hydrogens (tertiary/aromatic N) is 3. The molecule has 2 fully saturated rings. The lowest BCUT2D eigenvalue weighted by Gasteiger charge is -2.33. The van der Waals surface area contributed by atoms with Crippen LogP contribution in [0.1, 0.15) is 24.4 Å². The summed E-state index contributed by atoms with van der Waals surface area (Å²) < 4.78 is 2.96. The van der Waals surface area contributed by atoms with Crippen LogP contribution in [0.4, 0.5) is 0 Å². The lowest BCUT2D eigenvalue weighted by Crippen LogP contribution is -2.55. The minimum absolute atomic E-state index is 0.201. The first-order chi connectivity index (χ1) is 14.4. The summed E-state index contributed by atoms with van der Waals surface area (Å²) in [6, 6.07) is 4.39. The van der Waals surface area contributed by atoms with Crippen LogP contribution in [0, 0.1) is 0 Å². The molecule has 1 aromatic carbocycles. The van der Waals surface area contributed by atoms with Crippen molar-refractivity contribution >= 4 is 28.8 Å². The fourth-order valence-corrected chi connectivity index (χ4v) is 4.32. The van der Waals surface area contributed by atoms with Crippen molar-refractivity contribution in [1.29, 1.82) is 0 Å². The predicted octanol–water partition coefficient (Wildman–Crippen LogP) is -0.781. The third kappa shape index (κ3) is 3.63. The molecule has 2 aromatic rings. The number of imide groups is 1. The van der Waals surface area contributed by atoms with Gasteiger partial charge in [-0.15, -0.1) is 0 Å². The molecule has 3 heterocycles. The van der Waals surface area contributed by atoms with Crippen molar-refractivity contribution in [3.63, 3.8) is 0 Å². The predicted molar refractivity (Wildman–Crippen MR) is 108 cm³/mol. The molecular formula is C20H25N5O5. The van der Waals surface area contributed by atoms with E-state index in [-0.39, 0.29) is 18.0 Å². The van der Waals surface area contributed by atoms with Gasteiger partial charge in [-0.05, 0) is 30.5 Å². The Morgan fingerprint density at radius 3 is 2.77 bits per heavy atom. The van der Waals surface area contributed by atoms with Gasteiger partial charge in [-0.1, -0.05) is 6.07 Å². The Morgan fingerprint density at radius 1 is 1.23 bits per heavy atom. The van der Waals surface area contributed by atoms with Crippen LogP contribution in [0.2, 0.25) is 0 Å². The van der Waals surface area contributed by atoms with E-state index >= 15 is 0 Å². The molecule has 0 bridgehead atoms. The summed E-state index contributed by atoms with van der Waals surface area (Å²) in [4.78, 5) is 50.0. The molecule has 2 atom stereocenters. The largest absolute Gasteiger partial charge is 0.480 e. The molecule has 2 amide bonds. The van der Waals surface area contributed by atoms with E-state index in [2.05, 4.69) is 10.6 Å². The van der Waals surface area contributed by atoms with Gasteiger partial charge in [0.1, 0.15) is 12.1 Å². The van der Waals surface area contributed by atoms with Crippen LogP contribution in [0.25, 0.3) is 11.0 Å². The average molecular weight is 415 g/mol. The number of imidazole rings is 1. The van der Waals surface area contributed by atoms with Gasteiger partial charge in [0.05, 0.1) is 11.0 Å². The Kier molecular flexibility index (Phi) is 5.44. The van der Waals surface area contributed by atoms with Crippen LogP contribution in [0.5, 0.6) is 0 Å². The number of carboxylic acids is 1. The number of aromatic nitrogens is 2. The van der Waals surface area contributed by atoms with Crippen LogP contribution < -0.4 is 16.3 Å². The number of hydrogen-bond donors (Lipinski definition) is 3. The second kappa shape index (κ2) is 8.04. The van der Waals surface area contributed by atoms with Crippen LogP contribution in [0.3, 0.4) is 0 Å². The van der Waals surface area contributed by atoms with E-state index in [0.29, 0.717) is 43.5 Å². The first kappa shape index (κ1) is 20.3. The smallest absolute Gasteiger partial charge is 0.329 e. The van der Waals surface area contributed by atoms with E-state index in [1.165, 1.54) is 9.13 Å². The first-order valence-electron chi connectivity index (χ1n) is 10.1. The fraction of sp³-hybridized carbons (Fsp3) is 0.500. The number of nitrogens with one attached hydrogen (secondary N) is 2. The molecule has 10 nitrogen and oxygen atoms in total. The van der Waals surface area contributed by atoms with Crippen molar-refractivity contribution in [3.8, 4) is 0 Å². The van der Waals surface area contributed by atoms with Gasteiger partial charge in [0.2, 0.25) is 11.8 Å². The lowest BCUT2D eigenvalue weighted by atomic mass is 10.1. The zero-order valence-electron chi connectivity index (χ0n) is 16.8. The first-order valence-corrected chi connectivity index (χ1v) is 10.1. The number of hydrogen-bond acceptors (Lipinski definition) is 6. The second-order valence-corrected chi connectivity index (χ2v) is 7.85. The quantitative estimate of drug-likeness (QED) is 0.547. The number of aryl methyl sites for hydroxylation is 1. The van der Waals surface area contributed by atoms with Crippen molar-refractivity contribution in [2.45, 2.75) is 31.3 Å². The fourth-order valence-electron chi connectivity index (χ4n) is 4.32. The summed E-state index contributed by atoms with van der Waals surface area (Å²) in [5.41, 5.74) is 2.04. The van der Waals surface area contributed by atoms with Gasteiger partial charge in [0, 0.05) is 39.6 Å². The number of rotatable bonds is 5. The molecule has 4 rings (SSSR count). The molecule has 0 radical (unpaired) electrons. The number of carboxylic acid groups (broad SMARTS) is 1. The zero-order valence-corrected chi connectivity index (χ0v) is 16.8. The molecule has 0 spiro atoms. The highest BCUT2D eigenvalue weighted by Crippen LogP contribution is 2.24. The Hall–Kier alpha value is -2.98. The summed E-state index contributed by atoms with van der Waals surface area (Å²) in [5.74, 6) is -1.61. The highest BCUT2D eigenvalue weighted by Gasteiger charge is 2.31. The SMILES string of the molecule is Cn1c(=O)n(C2CCC(=O)NC2=O)c2ccc(CCN3CCNCC3C(=O)O)cc21.